The molecule has 0 saturated carbocycles. The molecular formula is C8H13N3. The Morgan fingerprint density at radius 1 is 1.09 bits per heavy atom. The standard InChI is InChI=1S/C8H13N3/c1-6-4-2-3-5-7(6)8(9,10)11/h2-5H,9-11H2,1H3. The van der Waals surface area contributed by atoms with Crippen molar-refractivity contribution < 1.29 is 0 Å². The molecular weight excluding hydrogens is 138 g/mol. The van der Waals surface area contributed by atoms with E-state index in [2.05, 4.69) is 0 Å². The molecule has 0 aromatic heterocycles. The van der Waals surface area contributed by atoms with Crippen molar-refractivity contribution in [1.29, 1.82) is 0 Å². The van der Waals surface area contributed by atoms with Crippen molar-refractivity contribution >= 4 is 0 Å². The van der Waals surface area contributed by atoms with E-state index >= 15 is 0 Å². The first-order chi connectivity index (χ1) is 5.02. The van der Waals surface area contributed by atoms with Crippen molar-refractivity contribution in [2.24, 2.45) is 17.2 Å². The minimum atomic E-state index is -1.22. The van der Waals surface area contributed by atoms with E-state index in [1.165, 1.54) is 0 Å². The summed E-state index contributed by atoms with van der Waals surface area (Å²) in [4.78, 5) is 0. The van der Waals surface area contributed by atoms with Gasteiger partial charge in [-0.05, 0) is 12.5 Å². The van der Waals surface area contributed by atoms with E-state index in [0.717, 1.165) is 11.1 Å². The fourth-order valence-corrected chi connectivity index (χ4v) is 1.06. The summed E-state index contributed by atoms with van der Waals surface area (Å²) < 4.78 is 0. The van der Waals surface area contributed by atoms with Gasteiger partial charge in [0, 0.05) is 5.56 Å². The van der Waals surface area contributed by atoms with E-state index in [9.17, 15) is 0 Å². The molecule has 3 nitrogen and oxygen atoms in total. The highest BCUT2D eigenvalue weighted by Crippen LogP contribution is 2.11. The normalized spacial score (nSPS) is 11.6. The van der Waals surface area contributed by atoms with Crippen molar-refractivity contribution in [2.75, 3.05) is 0 Å². The predicted molar refractivity (Wildman–Crippen MR) is 45.4 cm³/mol. The van der Waals surface area contributed by atoms with Crippen LogP contribution in [0.25, 0.3) is 0 Å². The molecule has 1 rings (SSSR count). The van der Waals surface area contributed by atoms with Crippen molar-refractivity contribution in [1.82, 2.24) is 0 Å². The second kappa shape index (κ2) is 2.62. The van der Waals surface area contributed by atoms with Crippen LogP contribution < -0.4 is 17.2 Å². The highest BCUT2D eigenvalue weighted by molar-refractivity contribution is 5.30. The molecule has 3 heteroatoms. The topological polar surface area (TPSA) is 78.1 Å². The molecule has 0 saturated heterocycles. The zero-order chi connectivity index (χ0) is 8.48. The lowest BCUT2D eigenvalue weighted by atomic mass is 10.0. The molecule has 0 heterocycles. The summed E-state index contributed by atoms with van der Waals surface area (Å²) in [6, 6.07) is 7.54. The zero-order valence-corrected chi connectivity index (χ0v) is 6.54. The highest BCUT2D eigenvalue weighted by Gasteiger charge is 2.16. The summed E-state index contributed by atoms with van der Waals surface area (Å²) in [6.07, 6.45) is 0. The van der Waals surface area contributed by atoms with Crippen LogP contribution in [0.4, 0.5) is 0 Å². The monoisotopic (exact) mass is 151 g/mol. The Morgan fingerprint density at radius 3 is 2.00 bits per heavy atom. The Hall–Kier alpha value is -0.900. The van der Waals surface area contributed by atoms with Crippen molar-refractivity contribution in [3.63, 3.8) is 0 Å². The van der Waals surface area contributed by atoms with E-state index in [-0.39, 0.29) is 0 Å². The molecule has 6 N–H and O–H groups in total. The summed E-state index contributed by atoms with van der Waals surface area (Å²) >= 11 is 0. The Bertz CT molecular complexity index is 250. The minimum absolute atomic E-state index is 0.778. The van der Waals surface area contributed by atoms with E-state index in [1.54, 1.807) is 0 Å². The van der Waals surface area contributed by atoms with Crippen LogP contribution in [0, 0.1) is 6.92 Å². The largest absolute Gasteiger partial charge is 0.297 e. The SMILES string of the molecule is Cc1ccccc1C(N)(N)N. The average molecular weight is 151 g/mol. The van der Waals surface area contributed by atoms with Crippen molar-refractivity contribution in [3.05, 3.63) is 35.4 Å². The second-order valence-corrected chi connectivity index (χ2v) is 2.75. The van der Waals surface area contributed by atoms with Crippen LogP contribution in [-0.4, -0.2) is 0 Å². The Labute approximate surface area is 66.2 Å². The van der Waals surface area contributed by atoms with Crippen LogP contribution in [0.5, 0.6) is 0 Å². The number of hydrogen-bond donors (Lipinski definition) is 3. The fraction of sp³-hybridized carbons (Fsp3) is 0.250. The molecule has 0 fully saturated rings. The van der Waals surface area contributed by atoms with Crippen LogP contribution >= 0.6 is 0 Å². The Morgan fingerprint density at radius 2 is 1.64 bits per heavy atom. The van der Waals surface area contributed by atoms with Crippen LogP contribution in [0.2, 0.25) is 0 Å². The van der Waals surface area contributed by atoms with Gasteiger partial charge >= 0.3 is 0 Å². The van der Waals surface area contributed by atoms with E-state index in [4.69, 9.17) is 17.2 Å². The molecule has 0 atom stereocenters. The second-order valence-electron chi connectivity index (χ2n) is 2.75. The molecule has 0 unspecified atom stereocenters. The first kappa shape index (κ1) is 8.20. The van der Waals surface area contributed by atoms with Gasteiger partial charge in [0.25, 0.3) is 0 Å². The lowest BCUT2D eigenvalue weighted by Crippen LogP contribution is -2.54. The van der Waals surface area contributed by atoms with Gasteiger partial charge in [-0.3, -0.25) is 17.2 Å². The molecule has 11 heavy (non-hydrogen) atoms. The summed E-state index contributed by atoms with van der Waals surface area (Å²) in [5.74, 6) is -1.22. The summed E-state index contributed by atoms with van der Waals surface area (Å²) in [6.45, 7) is 1.93. The third-order valence-electron chi connectivity index (χ3n) is 1.61. The van der Waals surface area contributed by atoms with Crippen molar-refractivity contribution in [3.8, 4) is 0 Å². The minimum Gasteiger partial charge on any atom is -0.297 e. The van der Waals surface area contributed by atoms with Gasteiger partial charge in [-0.25, -0.2) is 0 Å². The molecule has 0 aliphatic rings. The number of hydrogen-bond acceptors (Lipinski definition) is 3. The first-order valence-corrected chi connectivity index (χ1v) is 3.44. The van der Waals surface area contributed by atoms with Crippen LogP contribution in [0.15, 0.2) is 24.3 Å². The molecule has 1 aromatic rings. The van der Waals surface area contributed by atoms with Gasteiger partial charge in [0.15, 0.2) is 0 Å². The Kier molecular flexibility index (Phi) is 1.95. The van der Waals surface area contributed by atoms with Gasteiger partial charge in [-0.15, -0.1) is 0 Å². The molecule has 0 aliphatic heterocycles. The van der Waals surface area contributed by atoms with Gasteiger partial charge in [0.2, 0.25) is 0 Å². The van der Waals surface area contributed by atoms with Gasteiger partial charge in [-0.2, -0.15) is 0 Å². The van der Waals surface area contributed by atoms with E-state index in [1.807, 2.05) is 31.2 Å². The zero-order valence-electron chi connectivity index (χ0n) is 6.54. The number of benzene rings is 1. The molecule has 0 bridgehead atoms. The summed E-state index contributed by atoms with van der Waals surface area (Å²) in [5.41, 5.74) is 18.3. The molecule has 0 aliphatic carbocycles. The third kappa shape index (κ3) is 1.77. The smallest absolute Gasteiger partial charge is 0.143 e. The lowest BCUT2D eigenvalue weighted by molar-refractivity contribution is 0.485. The fourth-order valence-electron chi connectivity index (χ4n) is 1.06. The molecule has 0 radical (unpaired) electrons. The quantitative estimate of drug-likeness (QED) is 0.494. The van der Waals surface area contributed by atoms with Gasteiger partial charge in [0.1, 0.15) is 5.79 Å². The maximum Gasteiger partial charge on any atom is 0.143 e. The summed E-state index contributed by atoms with van der Waals surface area (Å²) in [5, 5.41) is 0. The lowest BCUT2D eigenvalue weighted by Gasteiger charge is -2.20. The number of rotatable bonds is 1. The van der Waals surface area contributed by atoms with Gasteiger partial charge in [-0.1, -0.05) is 24.3 Å². The average Bonchev–Trinajstić information content (AvgIpc) is 1.86. The highest BCUT2D eigenvalue weighted by atomic mass is 15.1. The number of aryl methyl sites for hydroxylation is 1. The van der Waals surface area contributed by atoms with Crippen molar-refractivity contribution in [2.45, 2.75) is 12.7 Å². The Balaban J connectivity index is 3.14. The van der Waals surface area contributed by atoms with Gasteiger partial charge < -0.3 is 0 Å². The van der Waals surface area contributed by atoms with E-state index in [0.29, 0.717) is 0 Å². The molecule has 60 valence electrons. The van der Waals surface area contributed by atoms with Crippen LogP contribution in [-0.2, 0) is 5.79 Å². The van der Waals surface area contributed by atoms with Crippen LogP contribution in [0.3, 0.4) is 0 Å². The predicted octanol–water partition coefficient (Wildman–Crippen LogP) is -0.0186. The summed E-state index contributed by atoms with van der Waals surface area (Å²) in [7, 11) is 0. The van der Waals surface area contributed by atoms with Crippen LogP contribution in [0.1, 0.15) is 11.1 Å². The molecule has 0 amide bonds. The molecule has 0 spiro atoms. The molecule has 1 aromatic carbocycles. The number of nitrogens with two attached hydrogens (primary N) is 3. The third-order valence-corrected chi connectivity index (χ3v) is 1.61. The maximum absolute atomic E-state index is 5.51. The first-order valence-electron chi connectivity index (χ1n) is 3.44. The maximum atomic E-state index is 5.51. The van der Waals surface area contributed by atoms with Gasteiger partial charge in [0.05, 0.1) is 0 Å². The van der Waals surface area contributed by atoms with E-state index < -0.39 is 5.79 Å².